The smallest absolute Gasteiger partial charge is 0.248 e. The van der Waals surface area contributed by atoms with Crippen molar-refractivity contribution in [2.45, 2.75) is 52.1 Å². The lowest BCUT2D eigenvalue weighted by Crippen LogP contribution is -2.52. The van der Waals surface area contributed by atoms with Crippen molar-refractivity contribution in [3.63, 3.8) is 0 Å². The fourth-order valence-electron chi connectivity index (χ4n) is 4.72. The second-order valence-electron chi connectivity index (χ2n) is 9.30. The van der Waals surface area contributed by atoms with Crippen LogP contribution < -0.4 is 4.74 Å². The first-order valence-corrected chi connectivity index (χ1v) is 11.7. The number of carbonyl (C=O) groups excluding carboxylic acids is 2. The third-order valence-corrected chi connectivity index (χ3v) is 7.18. The molecule has 2 amide bonds. The van der Waals surface area contributed by atoms with E-state index in [0.717, 1.165) is 34.7 Å². The fourth-order valence-corrected chi connectivity index (χ4v) is 4.83. The summed E-state index contributed by atoms with van der Waals surface area (Å²) in [7, 11) is 1.51. The first-order valence-electron chi connectivity index (χ1n) is 11.3. The number of piperidine rings is 2. The van der Waals surface area contributed by atoms with Gasteiger partial charge in [-0.3, -0.25) is 9.59 Å². The first-order chi connectivity index (χ1) is 15.2. The van der Waals surface area contributed by atoms with Crippen molar-refractivity contribution in [2.75, 3.05) is 46.5 Å². The summed E-state index contributed by atoms with van der Waals surface area (Å²) in [4.78, 5) is 29.3. The Labute approximate surface area is 195 Å². The average Bonchev–Trinajstić information content (AvgIpc) is 2.76. The predicted octanol–water partition coefficient (Wildman–Crippen LogP) is 2.96. The van der Waals surface area contributed by atoms with E-state index in [1.54, 1.807) is 4.90 Å². The van der Waals surface area contributed by atoms with E-state index in [4.69, 9.17) is 21.1 Å². The Kier molecular flexibility index (Phi) is 8.42. The van der Waals surface area contributed by atoms with E-state index in [0.29, 0.717) is 52.0 Å². The van der Waals surface area contributed by atoms with Gasteiger partial charge in [0.15, 0.2) is 0 Å². The van der Waals surface area contributed by atoms with Crippen LogP contribution in [-0.4, -0.2) is 79.3 Å². The fraction of sp³-hybridized carbons (Fsp3) is 0.667. The van der Waals surface area contributed by atoms with Crippen molar-refractivity contribution in [1.82, 2.24) is 9.80 Å². The van der Waals surface area contributed by atoms with Crippen molar-refractivity contribution < 1.29 is 24.2 Å². The zero-order chi connectivity index (χ0) is 23.3. The molecule has 1 aromatic rings. The Bertz CT molecular complexity index is 802. The highest BCUT2D eigenvalue weighted by Crippen LogP contribution is 2.36. The summed E-state index contributed by atoms with van der Waals surface area (Å²) >= 11 is 6.30. The number of aryl methyl sites for hydroxylation is 2. The van der Waals surface area contributed by atoms with E-state index in [9.17, 15) is 14.7 Å². The molecule has 2 heterocycles. The Morgan fingerprint density at radius 1 is 1.12 bits per heavy atom. The Morgan fingerprint density at radius 3 is 2.41 bits per heavy atom. The third-order valence-electron chi connectivity index (χ3n) is 6.58. The number of amides is 2. The van der Waals surface area contributed by atoms with Crippen LogP contribution in [0.2, 0.25) is 5.02 Å². The molecule has 0 unspecified atom stereocenters. The van der Waals surface area contributed by atoms with E-state index in [1.807, 2.05) is 30.9 Å². The van der Waals surface area contributed by atoms with Crippen molar-refractivity contribution in [2.24, 2.45) is 5.41 Å². The maximum absolute atomic E-state index is 13.2. The molecular weight excluding hydrogens is 432 g/mol. The van der Waals surface area contributed by atoms with Gasteiger partial charge in [-0.15, -0.1) is 0 Å². The molecule has 0 aromatic heterocycles. The molecule has 1 N–H and O–H groups in total. The molecule has 0 bridgehead atoms. The van der Waals surface area contributed by atoms with Crippen molar-refractivity contribution in [3.8, 4) is 5.75 Å². The van der Waals surface area contributed by atoms with Crippen LogP contribution in [0.15, 0.2) is 12.1 Å². The zero-order valence-corrected chi connectivity index (χ0v) is 20.1. The molecule has 7 nitrogen and oxygen atoms in total. The number of halogens is 1. The topological polar surface area (TPSA) is 79.3 Å². The number of hydrogen-bond acceptors (Lipinski definition) is 5. The van der Waals surface area contributed by atoms with Crippen LogP contribution in [0.4, 0.5) is 0 Å². The number of aliphatic hydroxyl groups is 1. The molecule has 0 saturated carbocycles. The number of rotatable bonds is 7. The summed E-state index contributed by atoms with van der Waals surface area (Å²) < 4.78 is 11.3. The first kappa shape index (κ1) is 24.8. The highest BCUT2D eigenvalue weighted by Gasteiger charge is 2.41. The Hall–Kier alpha value is -1.83. The van der Waals surface area contributed by atoms with Gasteiger partial charge < -0.3 is 24.4 Å². The lowest BCUT2D eigenvalue weighted by molar-refractivity contribution is -0.144. The molecule has 8 heteroatoms. The third kappa shape index (κ3) is 6.15. The van der Waals surface area contributed by atoms with Gasteiger partial charge >= 0.3 is 0 Å². The van der Waals surface area contributed by atoms with Gasteiger partial charge in [-0.25, -0.2) is 0 Å². The number of carbonyl (C=O) groups is 2. The van der Waals surface area contributed by atoms with Gasteiger partial charge in [0.2, 0.25) is 11.8 Å². The van der Waals surface area contributed by atoms with E-state index in [1.165, 1.54) is 7.11 Å². The van der Waals surface area contributed by atoms with Crippen LogP contribution in [0.1, 0.15) is 43.2 Å². The summed E-state index contributed by atoms with van der Waals surface area (Å²) in [6.45, 7) is 6.51. The number of likely N-dealkylation sites (tertiary alicyclic amines) is 2. The van der Waals surface area contributed by atoms with Crippen LogP contribution in [0.25, 0.3) is 0 Å². The second kappa shape index (κ2) is 10.9. The number of ether oxygens (including phenoxy) is 2. The van der Waals surface area contributed by atoms with Gasteiger partial charge in [-0.05, 0) is 62.8 Å². The van der Waals surface area contributed by atoms with Crippen LogP contribution in [0.3, 0.4) is 0 Å². The van der Waals surface area contributed by atoms with Gasteiger partial charge in [0.05, 0.1) is 12.7 Å². The molecule has 2 fully saturated rings. The lowest BCUT2D eigenvalue weighted by atomic mass is 9.77. The lowest BCUT2D eigenvalue weighted by Gasteiger charge is -2.43. The standard InChI is InChI=1S/C24H35ClN2O5/c1-17-11-20(12-18(2)23(17)25)32-16-24(7-4-8-27(15-24)22(30)14-31-3)13-21(29)26-9-5-19(28)6-10-26/h11-12,19,28H,4-10,13-16H2,1-3H3/t24-/m0/s1. The summed E-state index contributed by atoms with van der Waals surface area (Å²) in [6.07, 6.45) is 2.81. The quantitative estimate of drug-likeness (QED) is 0.668. The van der Waals surface area contributed by atoms with Crippen LogP contribution >= 0.6 is 11.6 Å². The number of nitrogens with zero attached hydrogens (tertiary/aromatic N) is 2. The van der Waals surface area contributed by atoms with Gasteiger partial charge in [-0.2, -0.15) is 0 Å². The SMILES string of the molecule is COCC(=O)N1CCC[C@](COc2cc(C)c(Cl)c(C)c2)(CC(=O)N2CCC(O)CC2)C1. The number of aliphatic hydroxyl groups excluding tert-OH is 1. The van der Waals surface area contributed by atoms with E-state index in [-0.39, 0.29) is 24.5 Å². The molecule has 2 aliphatic rings. The summed E-state index contributed by atoms with van der Waals surface area (Å²) in [6, 6.07) is 3.82. The van der Waals surface area contributed by atoms with Crippen molar-refractivity contribution in [3.05, 3.63) is 28.3 Å². The minimum absolute atomic E-state index is 0.0322. The Morgan fingerprint density at radius 2 is 1.78 bits per heavy atom. The molecule has 3 rings (SSSR count). The van der Waals surface area contributed by atoms with E-state index >= 15 is 0 Å². The van der Waals surface area contributed by atoms with Gasteiger partial charge in [0.1, 0.15) is 12.4 Å². The molecule has 2 aliphatic heterocycles. The number of hydrogen-bond donors (Lipinski definition) is 1. The largest absolute Gasteiger partial charge is 0.493 e. The van der Waals surface area contributed by atoms with E-state index < -0.39 is 5.41 Å². The molecule has 2 saturated heterocycles. The molecule has 0 aliphatic carbocycles. The predicted molar refractivity (Wildman–Crippen MR) is 123 cm³/mol. The maximum Gasteiger partial charge on any atom is 0.248 e. The number of methoxy groups -OCH3 is 1. The van der Waals surface area contributed by atoms with Crippen molar-refractivity contribution in [1.29, 1.82) is 0 Å². The van der Waals surface area contributed by atoms with Crippen molar-refractivity contribution >= 4 is 23.4 Å². The Balaban J connectivity index is 1.77. The molecule has 178 valence electrons. The minimum Gasteiger partial charge on any atom is -0.493 e. The van der Waals surface area contributed by atoms with E-state index in [2.05, 4.69) is 0 Å². The second-order valence-corrected chi connectivity index (χ2v) is 9.68. The summed E-state index contributed by atoms with van der Waals surface area (Å²) in [5.74, 6) is 0.714. The molecule has 32 heavy (non-hydrogen) atoms. The molecule has 1 atom stereocenters. The van der Waals surface area contributed by atoms with Gasteiger partial charge in [0.25, 0.3) is 0 Å². The van der Waals surface area contributed by atoms with Crippen LogP contribution in [0.5, 0.6) is 5.75 Å². The summed E-state index contributed by atoms with van der Waals surface area (Å²) in [5.41, 5.74) is 1.41. The molecule has 1 aromatic carbocycles. The highest BCUT2D eigenvalue weighted by atomic mass is 35.5. The van der Waals surface area contributed by atoms with Gasteiger partial charge in [0, 0.05) is 50.1 Å². The molecule has 0 spiro atoms. The van der Waals surface area contributed by atoms with Gasteiger partial charge in [-0.1, -0.05) is 11.6 Å². The monoisotopic (exact) mass is 466 g/mol. The molecule has 0 radical (unpaired) electrons. The zero-order valence-electron chi connectivity index (χ0n) is 19.4. The minimum atomic E-state index is -0.476. The van der Waals surface area contributed by atoms with Crippen LogP contribution in [0, 0.1) is 19.3 Å². The maximum atomic E-state index is 13.2. The average molecular weight is 467 g/mol. The molecular formula is C24H35ClN2O5. The number of benzene rings is 1. The summed E-state index contributed by atoms with van der Waals surface area (Å²) in [5, 5.41) is 10.5. The highest BCUT2D eigenvalue weighted by molar-refractivity contribution is 6.32. The normalized spacial score (nSPS) is 22.2. The van der Waals surface area contributed by atoms with Crippen LogP contribution in [-0.2, 0) is 14.3 Å².